The lowest BCUT2D eigenvalue weighted by atomic mass is 9.75. The highest BCUT2D eigenvalue weighted by atomic mass is 32.2. The molecule has 0 aromatic heterocycles. The summed E-state index contributed by atoms with van der Waals surface area (Å²) in [5, 5.41) is 10.3. The Bertz CT molecular complexity index is 870. The largest absolute Gasteiger partial charge is 0.461 e. The smallest absolute Gasteiger partial charge is 0.311 e. The molecule has 1 N–H and O–H groups in total. The van der Waals surface area contributed by atoms with Crippen LogP contribution in [0.25, 0.3) is 0 Å². The first kappa shape index (κ1) is 23.4. The van der Waals surface area contributed by atoms with Gasteiger partial charge in [-0.3, -0.25) is 14.4 Å². The summed E-state index contributed by atoms with van der Waals surface area (Å²) < 4.78 is 3.90. The second-order valence-corrected chi connectivity index (χ2v) is 12.0. The molecule has 0 bridgehead atoms. The van der Waals surface area contributed by atoms with Crippen molar-refractivity contribution in [1.82, 2.24) is 9.80 Å². The van der Waals surface area contributed by atoms with Crippen LogP contribution >= 0.6 is 11.8 Å². The topological polar surface area (TPSA) is 87.2 Å². The van der Waals surface area contributed by atoms with Gasteiger partial charge in [0.05, 0.1) is 29.2 Å². The molecule has 0 aliphatic carbocycles. The van der Waals surface area contributed by atoms with E-state index in [0.717, 1.165) is 0 Å². The van der Waals surface area contributed by atoms with E-state index in [1.54, 1.807) is 9.80 Å². The van der Waals surface area contributed by atoms with E-state index in [1.807, 2.05) is 58.9 Å². The van der Waals surface area contributed by atoms with Crippen molar-refractivity contribution in [3.05, 3.63) is 24.3 Å². The number of aliphatic hydroxyl groups is 1. The van der Waals surface area contributed by atoms with Gasteiger partial charge in [-0.25, -0.2) is 0 Å². The minimum Gasteiger partial charge on any atom is -0.461 e. The molecule has 32 heavy (non-hydrogen) atoms. The fraction of sp³-hybridized carbons (Fsp3) is 0.708. The number of likely N-dealkylation sites (tertiary alicyclic amines) is 1. The second-order valence-electron chi connectivity index (χ2n) is 10.2. The van der Waals surface area contributed by atoms with Crippen LogP contribution < -0.4 is 0 Å². The number of carbonyl (C=O) groups excluding carboxylic acids is 3. The van der Waals surface area contributed by atoms with Gasteiger partial charge in [0.2, 0.25) is 11.8 Å². The van der Waals surface area contributed by atoms with Crippen molar-refractivity contribution < 1.29 is 24.2 Å². The van der Waals surface area contributed by atoms with E-state index in [9.17, 15) is 19.5 Å². The fourth-order valence-corrected chi connectivity index (χ4v) is 8.13. The lowest BCUT2D eigenvalue weighted by Gasteiger charge is -2.40. The maximum Gasteiger partial charge on any atom is 0.311 e. The summed E-state index contributed by atoms with van der Waals surface area (Å²) in [6.07, 6.45) is 8.34. The summed E-state index contributed by atoms with van der Waals surface area (Å²) >= 11 is 1.54. The minimum atomic E-state index is -0.887. The zero-order chi connectivity index (χ0) is 23.4. The van der Waals surface area contributed by atoms with Crippen molar-refractivity contribution in [2.45, 2.75) is 68.7 Å². The molecule has 7 nitrogen and oxygen atoms in total. The van der Waals surface area contributed by atoms with Crippen molar-refractivity contribution >= 4 is 29.5 Å². The third-order valence-electron chi connectivity index (χ3n) is 7.25. The lowest BCUT2D eigenvalue weighted by Crippen LogP contribution is -2.57. The third kappa shape index (κ3) is 3.33. The maximum atomic E-state index is 14.1. The average Bonchev–Trinajstić information content (AvgIpc) is 2.97. The van der Waals surface area contributed by atoms with Gasteiger partial charge in [0.15, 0.2) is 0 Å². The molecule has 1 unspecified atom stereocenters. The Morgan fingerprint density at radius 1 is 1.12 bits per heavy atom. The Hall–Kier alpha value is -1.80. The number of hydrogen-bond donors (Lipinski definition) is 1. The van der Waals surface area contributed by atoms with Crippen LogP contribution in [0.2, 0.25) is 0 Å². The van der Waals surface area contributed by atoms with Gasteiger partial charge in [-0.1, -0.05) is 32.1 Å². The highest BCUT2D eigenvalue weighted by Gasteiger charge is 2.74. The van der Waals surface area contributed by atoms with Crippen LogP contribution in [0.1, 0.15) is 41.0 Å². The number of nitrogens with zero attached hydrogens (tertiary/aromatic N) is 2. The number of amides is 2. The quantitative estimate of drug-likeness (QED) is 0.497. The molecule has 4 rings (SSSR count). The molecule has 0 saturated carbocycles. The van der Waals surface area contributed by atoms with Crippen molar-refractivity contribution in [3.63, 3.8) is 0 Å². The van der Waals surface area contributed by atoms with E-state index in [4.69, 9.17) is 4.74 Å². The van der Waals surface area contributed by atoms with E-state index in [0.29, 0.717) is 13.0 Å². The van der Waals surface area contributed by atoms with E-state index in [-0.39, 0.29) is 37.0 Å². The van der Waals surface area contributed by atoms with Crippen molar-refractivity contribution in [3.8, 4) is 0 Å². The van der Waals surface area contributed by atoms with Gasteiger partial charge in [-0.15, -0.1) is 11.8 Å². The predicted molar refractivity (Wildman–Crippen MR) is 123 cm³/mol. The first-order valence-corrected chi connectivity index (χ1v) is 12.3. The molecule has 0 aromatic carbocycles. The van der Waals surface area contributed by atoms with E-state index < -0.39 is 39.4 Å². The SMILES string of the molecule is CC(C)C[C@H](CO)N1C(=O)[C@@H]2[C@@H]3C(=O)OCC=C[C@]3(C)S[C@@]23C=CCN(C(C)C)C(=O)C13. The molecule has 6 atom stereocenters. The molecule has 0 radical (unpaired) electrons. The number of fused-ring (bicyclic) bond motifs is 2. The van der Waals surface area contributed by atoms with E-state index in [2.05, 4.69) is 0 Å². The summed E-state index contributed by atoms with van der Waals surface area (Å²) in [5.74, 6) is -1.91. The van der Waals surface area contributed by atoms with Crippen molar-refractivity contribution in [2.75, 3.05) is 19.8 Å². The maximum absolute atomic E-state index is 14.1. The zero-order valence-electron chi connectivity index (χ0n) is 19.5. The first-order chi connectivity index (χ1) is 15.1. The second kappa shape index (κ2) is 8.20. The lowest BCUT2D eigenvalue weighted by molar-refractivity contribution is -0.153. The van der Waals surface area contributed by atoms with Crippen LogP contribution in [0.5, 0.6) is 0 Å². The Balaban J connectivity index is 1.90. The van der Waals surface area contributed by atoms with Crippen LogP contribution in [0.4, 0.5) is 0 Å². The molecule has 2 amide bonds. The Kier molecular flexibility index (Phi) is 5.99. The molecule has 2 fully saturated rings. The first-order valence-electron chi connectivity index (χ1n) is 11.5. The number of cyclic esters (lactones) is 1. The van der Waals surface area contributed by atoms with Crippen LogP contribution in [0.15, 0.2) is 24.3 Å². The predicted octanol–water partition coefficient (Wildman–Crippen LogP) is 2.00. The number of rotatable bonds is 5. The number of thioether (sulfide) groups is 1. The highest BCUT2D eigenvalue weighted by molar-refractivity contribution is 8.02. The van der Waals surface area contributed by atoms with Gasteiger partial charge >= 0.3 is 5.97 Å². The molecule has 4 aliphatic rings. The number of esters is 1. The molecule has 0 aromatic rings. The van der Waals surface area contributed by atoms with E-state index >= 15 is 0 Å². The van der Waals surface area contributed by atoms with Crippen molar-refractivity contribution in [2.24, 2.45) is 17.8 Å². The summed E-state index contributed by atoms with van der Waals surface area (Å²) in [5.41, 5.74) is 0. The zero-order valence-corrected chi connectivity index (χ0v) is 20.3. The molecular weight excluding hydrogens is 428 g/mol. The summed E-state index contributed by atoms with van der Waals surface area (Å²) in [7, 11) is 0. The Labute approximate surface area is 194 Å². The average molecular weight is 463 g/mol. The number of carbonyl (C=O) groups is 3. The van der Waals surface area contributed by atoms with Gasteiger partial charge in [0, 0.05) is 17.3 Å². The Morgan fingerprint density at radius 2 is 1.84 bits per heavy atom. The molecule has 4 aliphatic heterocycles. The summed E-state index contributed by atoms with van der Waals surface area (Å²) in [4.78, 5) is 44.6. The van der Waals surface area contributed by atoms with E-state index in [1.165, 1.54) is 11.8 Å². The molecule has 8 heteroatoms. The van der Waals surface area contributed by atoms with Crippen LogP contribution in [-0.4, -0.2) is 80.1 Å². The monoisotopic (exact) mass is 462 g/mol. The third-order valence-corrected chi connectivity index (χ3v) is 9.05. The molecule has 1 spiro atoms. The Morgan fingerprint density at radius 3 is 2.47 bits per heavy atom. The van der Waals surface area contributed by atoms with Gasteiger partial charge in [0.25, 0.3) is 0 Å². The molecule has 2 saturated heterocycles. The van der Waals surface area contributed by atoms with Gasteiger partial charge < -0.3 is 19.6 Å². The standard InChI is InChI=1S/C24H34N2O5S/c1-14(2)12-16(13-27)26-19-21(29)25(15(3)4)10-6-9-24(19)17(20(26)28)18-22(30)31-11-7-8-23(18,5)32-24/h6-9,14-19,27H,10-13H2,1-5H3/t16-,17+,18-,19?,23+,24+/m1/s1. The van der Waals surface area contributed by atoms with Crippen LogP contribution in [0, 0.1) is 17.8 Å². The van der Waals surface area contributed by atoms with Gasteiger partial charge in [-0.2, -0.15) is 0 Å². The summed E-state index contributed by atoms with van der Waals surface area (Å²) in [6, 6.07) is -1.29. The minimum absolute atomic E-state index is 0.0340. The number of aliphatic hydroxyl groups excluding tert-OH is 1. The van der Waals surface area contributed by atoms with Crippen molar-refractivity contribution in [1.29, 1.82) is 0 Å². The van der Waals surface area contributed by atoms with Crippen LogP contribution in [0.3, 0.4) is 0 Å². The molecule has 4 heterocycles. The molecular formula is C24H34N2O5S. The summed E-state index contributed by atoms with van der Waals surface area (Å²) in [6.45, 7) is 10.4. The normalized spacial score (nSPS) is 37.4. The fourth-order valence-electron chi connectivity index (χ4n) is 5.99. The molecule has 176 valence electrons. The van der Waals surface area contributed by atoms with Gasteiger partial charge in [0.1, 0.15) is 12.6 Å². The van der Waals surface area contributed by atoms with Crippen LogP contribution in [-0.2, 0) is 19.1 Å². The number of ether oxygens (including phenoxy) is 1. The number of hydrogen-bond acceptors (Lipinski definition) is 6. The highest BCUT2D eigenvalue weighted by Crippen LogP contribution is 2.65. The van der Waals surface area contributed by atoms with Gasteiger partial charge in [-0.05, 0) is 39.2 Å².